The molecule has 2 heterocycles. The molecule has 0 amide bonds. The molecule has 0 aliphatic carbocycles. The minimum Gasteiger partial charge on any atom is -0.303 e. The lowest BCUT2D eigenvalue weighted by atomic mass is 9.89. The van der Waals surface area contributed by atoms with Crippen molar-refractivity contribution in [2.75, 3.05) is 27.2 Å². The summed E-state index contributed by atoms with van der Waals surface area (Å²) in [4.78, 5) is 5.02. The first-order valence-electron chi connectivity index (χ1n) is 9.23. The molecule has 21 heavy (non-hydrogen) atoms. The lowest BCUT2D eigenvalue weighted by molar-refractivity contribution is 0.199. The number of hydrogen-bond acceptors (Lipinski definition) is 2. The molecule has 3 atom stereocenters. The summed E-state index contributed by atoms with van der Waals surface area (Å²) < 4.78 is 0. The molecule has 2 fully saturated rings. The molecule has 2 saturated heterocycles. The van der Waals surface area contributed by atoms with Gasteiger partial charge >= 0.3 is 0 Å². The molecule has 0 radical (unpaired) electrons. The van der Waals surface area contributed by atoms with Crippen LogP contribution in [0, 0.1) is 17.8 Å². The van der Waals surface area contributed by atoms with Crippen LogP contribution in [0.15, 0.2) is 0 Å². The number of likely N-dealkylation sites (tertiary alicyclic amines) is 2. The Kier molecular flexibility index (Phi) is 8.26. The van der Waals surface area contributed by atoms with Gasteiger partial charge < -0.3 is 9.80 Å². The first kappa shape index (κ1) is 19.0. The van der Waals surface area contributed by atoms with Gasteiger partial charge in [-0.25, -0.2) is 0 Å². The summed E-state index contributed by atoms with van der Waals surface area (Å²) >= 11 is 0. The van der Waals surface area contributed by atoms with Gasteiger partial charge in [0.2, 0.25) is 0 Å². The van der Waals surface area contributed by atoms with Crippen molar-refractivity contribution in [2.24, 2.45) is 17.8 Å². The zero-order valence-corrected chi connectivity index (χ0v) is 15.7. The Morgan fingerprint density at radius 2 is 1.43 bits per heavy atom. The van der Waals surface area contributed by atoms with Crippen LogP contribution in [0.5, 0.6) is 0 Å². The molecule has 0 saturated carbocycles. The lowest BCUT2D eigenvalue weighted by Crippen LogP contribution is -2.33. The van der Waals surface area contributed by atoms with Crippen LogP contribution in [0.4, 0.5) is 0 Å². The lowest BCUT2D eigenvalue weighted by Gasteiger charge is -2.28. The second-order valence-corrected chi connectivity index (χ2v) is 8.20. The largest absolute Gasteiger partial charge is 0.303 e. The predicted molar refractivity (Wildman–Crippen MR) is 94.8 cm³/mol. The zero-order chi connectivity index (χ0) is 16.0. The molecule has 2 heteroatoms. The number of rotatable bonds is 4. The molecule has 0 aromatic rings. The van der Waals surface area contributed by atoms with Crippen molar-refractivity contribution in [3.8, 4) is 0 Å². The standard InChI is InChI=1S/C10H21N.C9H19N/c1-8(2)9(3)10-6-5-7-11(10)4;1-8(2)7-9-5-4-6-10(9)3/h8-10H,5-7H2,1-4H3;8-9H,4-7H2,1-3H3. The molecule has 3 unspecified atom stereocenters. The van der Waals surface area contributed by atoms with E-state index in [1.54, 1.807) is 0 Å². The third kappa shape index (κ3) is 6.28. The summed E-state index contributed by atoms with van der Waals surface area (Å²) in [5, 5.41) is 0. The first-order chi connectivity index (χ1) is 9.82. The van der Waals surface area contributed by atoms with Crippen molar-refractivity contribution in [3.05, 3.63) is 0 Å². The highest BCUT2D eigenvalue weighted by Crippen LogP contribution is 2.26. The van der Waals surface area contributed by atoms with Gasteiger partial charge in [-0.1, -0.05) is 34.6 Å². The normalized spacial score (nSPS) is 29.0. The summed E-state index contributed by atoms with van der Waals surface area (Å²) in [5.41, 5.74) is 0. The average molecular weight is 297 g/mol. The highest BCUT2D eigenvalue weighted by molar-refractivity contribution is 4.82. The van der Waals surface area contributed by atoms with Crippen molar-refractivity contribution in [1.82, 2.24) is 9.80 Å². The third-order valence-electron chi connectivity index (χ3n) is 5.65. The molecule has 0 N–H and O–H groups in total. The minimum atomic E-state index is 0.834. The molecule has 126 valence electrons. The molecule has 2 nitrogen and oxygen atoms in total. The molecule has 0 aromatic carbocycles. The molecular weight excluding hydrogens is 256 g/mol. The van der Waals surface area contributed by atoms with E-state index in [0.717, 1.165) is 29.8 Å². The van der Waals surface area contributed by atoms with Gasteiger partial charge in [-0.05, 0) is 77.0 Å². The Balaban J connectivity index is 0.000000211. The first-order valence-corrected chi connectivity index (χ1v) is 9.23. The third-order valence-corrected chi connectivity index (χ3v) is 5.65. The van der Waals surface area contributed by atoms with Crippen molar-refractivity contribution in [2.45, 2.75) is 78.8 Å². The minimum absolute atomic E-state index is 0.834. The Morgan fingerprint density at radius 1 is 0.857 bits per heavy atom. The predicted octanol–water partition coefficient (Wildman–Crippen LogP) is 4.50. The number of nitrogens with zero attached hydrogens (tertiary/aromatic N) is 2. The van der Waals surface area contributed by atoms with Gasteiger partial charge in [-0.15, -0.1) is 0 Å². The van der Waals surface area contributed by atoms with Crippen molar-refractivity contribution in [3.63, 3.8) is 0 Å². The van der Waals surface area contributed by atoms with Crippen molar-refractivity contribution >= 4 is 0 Å². The van der Waals surface area contributed by atoms with Crippen LogP contribution in [0.3, 0.4) is 0 Å². The molecule has 2 aliphatic heterocycles. The average Bonchev–Trinajstić information content (AvgIpc) is 2.98. The highest BCUT2D eigenvalue weighted by atomic mass is 15.2. The second kappa shape index (κ2) is 9.15. The van der Waals surface area contributed by atoms with Crippen LogP contribution in [-0.4, -0.2) is 49.1 Å². The summed E-state index contributed by atoms with van der Waals surface area (Å²) in [6.07, 6.45) is 7.03. The maximum Gasteiger partial charge on any atom is 0.0121 e. The Morgan fingerprint density at radius 3 is 1.81 bits per heavy atom. The zero-order valence-electron chi connectivity index (χ0n) is 15.7. The maximum absolute atomic E-state index is 2.52. The smallest absolute Gasteiger partial charge is 0.0121 e. The highest BCUT2D eigenvalue weighted by Gasteiger charge is 2.27. The van der Waals surface area contributed by atoms with E-state index in [2.05, 4.69) is 58.5 Å². The van der Waals surface area contributed by atoms with E-state index >= 15 is 0 Å². The fourth-order valence-electron chi connectivity index (χ4n) is 3.87. The van der Waals surface area contributed by atoms with Crippen molar-refractivity contribution < 1.29 is 0 Å². The van der Waals surface area contributed by atoms with Gasteiger partial charge in [0, 0.05) is 12.1 Å². The topological polar surface area (TPSA) is 6.48 Å². The van der Waals surface area contributed by atoms with E-state index < -0.39 is 0 Å². The number of hydrogen-bond donors (Lipinski definition) is 0. The molecule has 2 rings (SSSR count). The van der Waals surface area contributed by atoms with Crippen LogP contribution in [0.2, 0.25) is 0 Å². The summed E-state index contributed by atoms with van der Waals surface area (Å²) in [6.45, 7) is 14.3. The van der Waals surface area contributed by atoms with Crippen LogP contribution in [-0.2, 0) is 0 Å². The summed E-state index contributed by atoms with van der Waals surface area (Å²) in [6, 6.07) is 1.75. The maximum atomic E-state index is 2.52. The quantitative estimate of drug-likeness (QED) is 0.753. The van der Waals surface area contributed by atoms with E-state index in [1.165, 1.54) is 45.2 Å². The van der Waals surface area contributed by atoms with Crippen LogP contribution < -0.4 is 0 Å². The van der Waals surface area contributed by atoms with E-state index in [1.807, 2.05) is 0 Å². The van der Waals surface area contributed by atoms with Gasteiger partial charge in [-0.3, -0.25) is 0 Å². The summed E-state index contributed by atoms with van der Waals surface area (Å²) in [5.74, 6) is 2.56. The van der Waals surface area contributed by atoms with Crippen LogP contribution in [0.1, 0.15) is 66.7 Å². The van der Waals surface area contributed by atoms with Gasteiger partial charge in [0.15, 0.2) is 0 Å². The van der Waals surface area contributed by atoms with Gasteiger partial charge in [0.25, 0.3) is 0 Å². The second-order valence-electron chi connectivity index (χ2n) is 8.20. The molecule has 0 spiro atoms. The van der Waals surface area contributed by atoms with Crippen molar-refractivity contribution in [1.29, 1.82) is 0 Å². The van der Waals surface area contributed by atoms with E-state index in [9.17, 15) is 0 Å². The van der Waals surface area contributed by atoms with Crippen LogP contribution in [0.25, 0.3) is 0 Å². The van der Waals surface area contributed by atoms with Crippen LogP contribution >= 0.6 is 0 Å². The van der Waals surface area contributed by atoms with E-state index in [4.69, 9.17) is 0 Å². The fraction of sp³-hybridized carbons (Fsp3) is 1.00. The SMILES string of the molecule is CC(C)C(C)C1CCCN1C.CC(C)CC1CCCN1C. The Labute approximate surface area is 134 Å². The summed E-state index contributed by atoms with van der Waals surface area (Å²) in [7, 11) is 4.51. The van der Waals surface area contributed by atoms with Gasteiger partial charge in [0.05, 0.1) is 0 Å². The Hall–Kier alpha value is -0.0800. The van der Waals surface area contributed by atoms with Gasteiger partial charge in [0.1, 0.15) is 0 Å². The van der Waals surface area contributed by atoms with E-state index in [-0.39, 0.29) is 0 Å². The molecule has 2 aliphatic rings. The molecular formula is C19H40N2. The van der Waals surface area contributed by atoms with E-state index in [0.29, 0.717) is 0 Å². The molecule has 0 bridgehead atoms. The Bertz CT molecular complexity index is 275. The monoisotopic (exact) mass is 296 g/mol. The fourth-order valence-corrected chi connectivity index (χ4v) is 3.87. The molecule has 0 aromatic heterocycles. The van der Waals surface area contributed by atoms with Gasteiger partial charge in [-0.2, -0.15) is 0 Å².